The summed E-state index contributed by atoms with van der Waals surface area (Å²) in [6.45, 7) is 5.16. The lowest BCUT2D eigenvalue weighted by Crippen LogP contribution is -2.48. The van der Waals surface area contributed by atoms with Gasteiger partial charge in [0.2, 0.25) is 5.91 Å². The summed E-state index contributed by atoms with van der Waals surface area (Å²) in [5.74, 6) is 0.204. The third kappa shape index (κ3) is 2.35. The third-order valence-electron chi connectivity index (χ3n) is 3.55. The molecule has 1 amide bonds. The van der Waals surface area contributed by atoms with Crippen molar-refractivity contribution < 1.29 is 9.90 Å². The minimum atomic E-state index is -0.736. The van der Waals surface area contributed by atoms with Crippen LogP contribution in [0.2, 0.25) is 0 Å². The fraction of sp³-hybridized carbons (Fsp3) is 0.818. The second-order valence-corrected chi connectivity index (χ2v) is 5.08. The third-order valence-corrected chi connectivity index (χ3v) is 4.00. The van der Waals surface area contributed by atoms with Crippen LogP contribution >= 0.6 is 12.2 Å². The molecular formula is C11H20N2O2S. The van der Waals surface area contributed by atoms with E-state index in [2.05, 4.69) is 0 Å². The molecule has 3 N–H and O–H groups in total. The molecule has 0 saturated carbocycles. The van der Waals surface area contributed by atoms with Gasteiger partial charge in [-0.05, 0) is 19.8 Å². The second kappa shape index (κ2) is 5.10. The summed E-state index contributed by atoms with van der Waals surface area (Å²) in [4.78, 5) is 14.3. The first-order chi connectivity index (χ1) is 7.45. The Morgan fingerprint density at radius 3 is 2.69 bits per heavy atom. The van der Waals surface area contributed by atoms with Crippen molar-refractivity contribution in [1.82, 2.24) is 4.90 Å². The molecule has 0 aromatic heterocycles. The van der Waals surface area contributed by atoms with E-state index in [1.165, 1.54) is 0 Å². The number of rotatable bonds is 4. The average molecular weight is 244 g/mol. The number of hydrogen-bond donors (Lipinski definition) is 2. The summed E-state index contributed by atoms with van der Waals surface area (Å²) in [5.41, 5.74) is 4.92. The van der Waals surface area contributed by atoms with E-state index in [0.717, 1.165) is 6.42 Å². The van der Waals surface area contributed by atoms with E-state index in [1.807, 2.05) is 6.92 Å². The molecule has 1 aliphatic heterocycles. The van der Waals surface area contributed by atoms with Gasteiger partial charge in [0.1, 0.15) is 0 Å². The van der Waals surface area contributed by atoms with Crippen molar-refractivity contribution in [1.29, 1.82) is 0 Å². The summed E-state index contributed by atoms with van der Waals surface area (Å²) in [6.07, 6.45) is 1.47. The lowest BCUT2D eigenvalue weighted by atomic mass is 9.86. The van der Waals surface area contributed by atoms with Crippen LogP contribution in [0.1, 0.15) is 26.7 Å². The van der Waals surface area contributed by atoms with E-state index < -0.39 is 5.41 Å². The fourth-order valence-electron chi connectivity index (χ4n) is 1.95. The largest absolute Gasteiger partial charge is 0.396 e. The molecule has 92 valence electrons. The second-order valence-electron chi connectivity index (χ2n) is 4.64. The number of thiocarbonyl (C=S) groups is 1. The number of aliphatic hydroxyl groups excluding tert-OH is 1. The van der Waals surface area contributed by atoms with Crippen molar-refractivity contribution in [2.75, 3.05) is 19.7 Å². The summed E-state index contributed by atoms with van der Waals surface area (Å²) in [7, 11) is 0. The topological polar surface area (TPSA) is 66.6 Å². The van der Waals surface area contributed by atoms with Gasteiger partial charge in [-0.2, -0.15) is 0 Å². The van der Waals surface area contributed by atoms with E-state index in [0.29, 0.717) is 19.5 Å². The van der Waals surface area contributed by atoms with Crippen LogP contribution in [0.5, 0.6) is 0 Å². The molecule has 5 heteroatoms. The lowest BCUT2D eigenvalue weighted by molar-refractivity contribution is -0.136. The van der Waals surface area contributed by atoms with Gasteiger partial charge >= 0.3 is 0 Å². The molecule has 2 atom stereocenters. The van der Waals surface area contributed by atoms with E-state index in [9.17, 15) is 4.79 Å². The van der Waals surface area contributed by atoms with Crippen molar-refractivity contribution in [3.63, 3.8) is 0 Å². The predicted molar refractivity (Wildman–Crippen MR) is 67.0 cm³/mol. The van der Waals surface area contributed by atoms with Crippen molar-refractivity contribution in [3.8, 4) is 0 Å². The van der Waals surface area contributed by atoms with E-state index in [-0.39, 0.29) is 23.4 Å². The van der Waals surface area contributed by atoms with Crippen LogP contribution in [0.4, 0.5) is 0 Å². The SMILES string of the molecule is CCC(C)(C(=O)N1CCC(CO)C1)C(N)=S. The zero-order valence-corrected chi connectivity index (χ0v) is 10.7. The number of aliphatic hydroxyl groups is 1. The van der Waals surface area contributed by atoms with E-state index >= 15 is 0 Å². The maximum absolute atomic E-state index is 12.3. The number of likely N-dealkylation sites (tertiary alicyclic amines) is 1. The van der Waals surface area contributed by atoms with Crippen LogP contribution < -0.4 is 5.73 Å². The monoisotopic (exact) mass is 244 g/mol. The van der Waals surface area contributed by atoms with Crippen LogP contribution in [-0.2, 0) is 4.79 Å². The van der Waals surface area contributed by atoms with Gasteiger partial charge in [0, 0.05) is 25.6 Å². The molecule has 0 aromatic carbocycles. The number of nitrogens with two attached hydrogens (primary N) is 1. The van der Waals surface area contributed by atoms with Crippen LogP contribution in [0.3, 0.4) is 0 Å². The quantitative estimate of drug-likeness (QED) is 0.708. The Balaban J connectivity index is 2.74. The maximum atomic E-state index is 12.3. The van der Waals surface area contributed by atoms with Gasteiger partial charge in [-0.25, -0.2) is 0 Å². The first kappa shape index (κ1) is 13.4. The zero-order valence-electron chi connectivity index (χ0n) is 9.90. The molecule has 4 nitrogen and oxygen atoms in total. The highest BCUT2D eigenvalue weighted by Crippen LogP contribution is 2.28. The van der Waals surface area contributed by atoms with Gasteiger partial charge in [0.25, 0.3) is 0 Å². The van der Waals surface area contributed by atoms with Gasteiger partial charge in [0.15, 0.2) is 0 Å². The Bertz CT molecular complexity index is 296. The molecule has 1 saturated heterocycles. The fourth-order valence-corrected chi connectivity index (χ4v) is 2.18. The smallest absolute Gasteiger partial charge is 0.235 e. The standard InChI is InChI=1S/C11H20N2O2S/c1-3-11(2,9(12)16)10(15)13-5-4-8(6-13)7-14/h8,14H,3-7H2,1-2H3,(H2,12,16). The Labute approximate surface area is 102 Å². The lowest BCUT2D eigenvalue weighted by Gasteiger charge is -2.30. The van der Waals surface area contributed by atoms with Gasteiger partial charge < -0.3 is 15.7 Å². The van der Waals surface area contributed by atoms with Crippen molar-refractivity contribution in [2.45, 2.75) is 26.7 Å². The minimum absolute atomic E-state index is 0.00144. The van der Waals surface area contributed by atoms with E-state index in [1.54, 1.807) is 11.8 Å². The predicted octanol–water partition coefficient (Wildman–Crippen LogP) is 0.530. The average Bonchev–Trinajstić information content (AvgIpc) is 2.75. The van der Waals surface area contributed by atoms with Gasteiger partial charge in [-0.15, -0.1) is 0 Å². The van der Waals surface area contributed by atoms with Gasteiger partial charge in [-0.1, -0.05) is 19.1 Å². The van der Waals surface area contributed by atoms with Crippen molar-refractivity contribution in [2.24, 2.45) is 17.1 Å². The van der Waals surface area contributed by atoms with Crippen LogP contribution in [0.25, 0.3) is 0 Å². The van der Waals surface area contributed by atoms with Crippen LogP contribution in [0.15, 0.2) is 0 Å². The number of carbonyl (C=O) groups excluding carboxylic acids is 1. The Morgan fingerprint density at radius 1 is 1.69 bits per heavy atom. The highest BCUT2D eigenvalue weighted by Gasteiger charge is 2.40. The first-order valence-electron chi connectivity index (χ1n) is 5.65. The highest BCUT2D eigenvalue weighted by atomic mass is 32.1. The molecule has 0 radical (unpaired) electrons. The number of carbonyl (C=O) groups is 1. The Kier molecular flexibility index (Phi) is 4.27. The summed E-state index contributed by atoms with van der Waals surface area (Å²) >= 11 is 4.98. The number of hydrogen-bond acceptors (Lipinski definition) is 3. The zero-order chi connectivity index (χ0) is 12.3. The van der Waals surface area contributed by atoms with Gasteiger partial charge in [-0.3, -0.25) is 4.79 Å². The van der Waals surface area contributed by atoms with Crippen LogP contribution in [0, 0.1) is 11.3 Å². The molecule has 2 unspecified atom stereocenters. The molecule has 0 aromatic rings. The molecule has 1 aliphatic rings. The molecule has 1 fully saturated rings. The molecule has 0 spiro atoms. The maximum Gasteiger partial charge on any atom is 0.235 e. The Hall–Kier alpha value is -0.680. The molecule has 1 heterocycles. The molecule has 1 rings (SSSR count). The van der Waals surface area contributed by atoms with Gasteiger partial charge in [0.05, 0.1) is 10.4 Å². The molecule has 16 heavy (non-hydrogen) atoms. The van der Waals surface area contributed by atoms with Crippen LogP contribution in [-0.4, -0.2) is 40.6 Å². The minimum Gasteiger partial charge on any atom is -0.396 e. The van der Waals surface area contributed by atoms with Crippen molar-refractivity contribution >= 4 is 23.1 Å². The Morgan fingerprint density at radius 2 is 2.31 bits per heavy atom. The number of nitrogens with zero attached hydrogens (tertiary/aromatic N) is 1. The first-order valence-corrected chi connectivity index (χ1v) is 6.06. The van der Waals surface area contributed by atoms with E-state index in [4.69, 9.17) is 23.1 Å². The molecule has 0 aliphatic carbocycles. The van der Waals surface area contributed by atoms with Crippen molar-refractivity contribution in [3.05, 3.63) is 0 Å². The molecule has 0 bridgehead atoms. The normalized spacial score (nSPS) is 24.2. The summed E-state index contributed by atoms with van der Waals surface area (Å²) in [6, 6.07) is 0. The summed E-state index contributed by atoms with van der Waals surface area (Å²) in [5, 5.41) is 9.05. The molecular weight excluding hydrogens is 224 g/mol. The summed E-state index contributed by atoms with van der Waals surface area (Å²) < 4.78 is 0. The highest BCUT2D eigenvalue weighted by molar-refractivity contribution is 7.80. The number of amides is 1.